The predicted molar refractivity (Wildman–Crippen MR) is 113 cm³/mol. The molecule has 7 nitrogen and oxygen atoms in total. The van der Waals surface area contributed by atoms with Crippen molar-refractivity contribution in [2.24, 2.45) is 0 Å². The van der Waals surface area contributed by atoms with Crippen LogP contribution in [0.3, 0.4) is 0 Å². The van der Waals surface area contributed by atoms with Gasteiger partial charge in [-0.1, -0.05) is 47.4 Å². The Balaban J connectivity index is 1.75. The van der Waals surface area contributed by atoms with Gasteiger partial charge in [0.2, 0.25) is 5.91 Å². The van der Waals surface area contributed by atoms with Crippen molar-refractivity contribution in [3.05, 3.63) is 86.5 Å². The zero-order valence-electron chi connectivity index (χ0n) is 14.8. The zero-order valence-corrected chi connectivity index (χ0v) is 17.1. The van der Waals surface area contributed by atoms with Gasteiger partial charge in [-0.3, -0.25) is 4.79 Å². The SMILES string of the molecule is C=CC(=O)Nc1cccc(C(=O)NC2=CCN(c3c(Cl)cc(Cl)cc3Cl)[N+]2=O)c1. The molecule has 0 unspecified atom stereocenters. The molecule has 2 aromatic carbocycles. The van der Waals surface area contributed by atoms with Crippen LogP contribution in [-0.4, -0.2) is 23.2 Å². The third-order valence-corrected chi connectivity index (χ3v) is 4.74. The Morgan fingerprint density at radius 3 is 2.45 bits per heavy atom. The molecule has 0 aliphatic carbocycles. The first-order valence-electron chi connectivity index (χ1n) is 8.24. The third kappa shape index (κ3) is 4.59. The minimum atomic E-state index is -0.526. The molecule has 0 fully saturated rings. The Bertz CT molecular complexity index is 1050. The highest BCUT2D eigenvalue weighted by Crippen LogP contribution is 2.38. The van der Waals surface area contributed by atoms with E-state index in [9.17, 15) is 14.5 Å². The summed E-state index contributed by atoms with van der Waals surface area (Å²) in [7, 11) is 0. The van der Waals surface area contributed by atoms with Crippen LogP contribution >= 0.6 is 34.8 Å². The fourth-order valence-electron chi connectivity index (χ4n) is 2.64. The number of halogens is 3. The molecule has 0 radical (unpaired) electrons. The van der Waals surface area contributed by atoms with Crippen molar-refractivity contribution in [2.45, 2.75) is 0 Å². The maximum atomic E-state index is 12.7. The van der Waals surface area contributed by atoms with E-state index in [1.807, 2.05) is 0 Å². The van der Waals surface area contributed by atoms with Gasteiger partial charge in [-0.15, -0.1) is 0 Å². The van der Waals surface area contributed by atoms with Gasteiger partial charge in [0.05, 0.1) is 27.0 Å². The average molecular weight is 453 g/mol. The highest BCUT2D eigenvalue weighted by atomic mass is 35.5. The predicted octanol–water partition coefficient (Wildman–Crippen LogP) is 4.56. The van der Waals surface area contributed by atoms with E-state index in [0.717, 1.165) is 6.08 Å². The summed E-state index contributed by atoms with van der Waals surface area (Å²) in [5.41, 5.74) is 0.952. The van der Waals surface area contributed by atoms with Crippen molar-refractivity contribution in [1.82, 2.24) is 5.32 Å². The number of hydrogen-bond donors (Lipinski definition) is 2. The fraction of sp³-hybridized carbons (Fsp3) is 0.0526. The van der Waals surface area contributed by atoms with E-state index in [2.05, 4.69) is 17.2 Å². The molecule has 2 amide bonds. The van der Waals surface area contributed by atoms with Crippen LogP contribution in [0.5, 0.6) is 0 Å². The third-order valence-electron chi connectivity index (χ3n) is 3.94. The average Bonchev–Trinajstić information content (AvgIpc) is 3.01. The van der Waals surface area contributed by atoms with Crippen molar-refractivity contribution in [3.8, 4) is 0 Å². The lowest BCUT2D eigenvalue weighted by Gasteiger charge is -2.15. The molecular formula is C19H14Cl3N4O3+. The number of nitroso groups, excluding NO2 is 1. The number of carbonyl (C=O) groups excluding carboxylic acids is 2. The van der Waals surface area contributed by atoms with Crippen LogP contribution < -0.4 is 15.6 Å². The molecule has 0 bridgehead atoms. The first-order chi connectivity index (χ1) is 13.8. The molecule has 0 saturated heterocycles. The van der Waals surface area contributed by atoms with Gasteiger partial charge >= 0.3 is 11.7 Å². The molecule has 10 heteroatoms. The Hall–Kier alpha value is -2.87. The van der Waals surface area contributed by atoms with E-state index < -0.39 is 11.8 Å². The normalized spacial score (nSPS) is 13.1. The Labute approximate surface area is 181 Å². The zero-order chi connectivity index (χ0) is 21.1. The molecule has 2 N–H and O–H groups in total. The highest BCUT2D eigenvalue weighted by molar-refractivity contribution is 6.41. The highest BCUT2D eigenvalue weighted by Gasteiger charge is 2.35. The standard InChI is InChI=1S/C19H13Cl3N4O3/c1-2-17(27)23-13-5-3-4-11(8-13)19(28)24-16-6-7-25(26(16)29)18-14(21)9-12(20)10-15(18)22/h2-6,8-10H,1,7H2,(H-,23,24,27,28)/p+1. The van der Waals surface area contributed by atoms with Crippen molar-refractivity contribution >= 4 is 58.0 Å². The lowest BCUT2D eigenvalue weighted by Crippen LogP contribution is -2.34. The summed E-state index contributed by atoms with van der Waals surface area (Å²) < 4.78 is 0. The van der Waals surface area contributed by atoms with Crippen LogP contribution in [-0.2, 0) is 4.79 Å². The van der Waals surface area contributed by atoms with Crippen LogP contribution in [0, 0.1) is 4.91 Å². The molecule has 0 aromatic heterocycles. The molecule has 2 aromatic rings. The lowest BCUT2D eigenvalue weighted by molar-refractivity contribution is -0.506. The van der Waals surface area contributed by atoms with Crippen LogP contribution in [0.25, 0.3) is 0 Å². The number of hydrazine groups is 1. The summed E-state index contributed by atoms with van der Waals surface area (Å²) in [4.78, 5) is 37.1. The number of hydrogen-bond acceptors (Lipinski definition) is 3. The maximum absolute atomic E-state index is 12.7. The van der Waals surface area contributed by atoms with E-state index in [0.29, 0.717) is 15.6 Å². The monoisotopic (exact) mass is 451 g/mol. The van der Waals surface area contributed by atoms with Crippen LogP contribution in [0.1, 0.15) is 10.4 Å². The molecule has 1 heterocycles. The van der Waals surface area contributed by atoms with Crippen LogP contribution in [0.2, 0.25) is 15.1 Å². The van der Waals surface area contributed by atoms with E-state index in [-0.39, 0.29) is 33.7 Å². The smallest absolute Gasteiger partial charge is 0.323 e. The van der Waals surface area contributed by atoms with Gasteiger partial charge in [0.15, 0.2) is 0 Å². The van der Waals surface area contributed by atoms with Gasteiger partial charge in [-0.2, -0.15) is 5.01 Å². The van der Waals surface area contributed by atoms with E-state index in [1.165, 1.54) is 29.3 Å². The fourth-order valence-corrected chi connectivity index (χ4v) is 3.65. The summed E-state index contributed by atoms with van der Waals surface area (Å²) in [5, 5.41) is 7.11. The molecule has 29 heavy (non-hydrogen) atoms. The largest absolute Gasteiger partial charge is 0.347 e. The van der Waals surface area contributed by atoms with Gasteiger partial charge in [0.25, 0.3) is 0 Å². The van der Waals surface area contributed by atoms with Gasteiger partial charge < -0.3 is 5.32 Å². The number of nitrogens with one attached hydrogen (secondary N) is 2. The molecule has 3 rings (SSSR count). The topological polar surface area (TPSA) is 81.5 Å². The summed E-state index contributed by atoms with van der Waals surface area (Å²) in [5.74, 6) is -0.918. The van der Waals surface area contributed by atoms with Crippen molar-refractivity contribution in [2.75, 3.05) is 16.9 Å². The van der Waals surface area contributed by atoms with E-state index in [4.69, 9.17) is 34.8 Å². The molecule has 0 spiro atoms. The second kappa shape index (κ2) is 8.65. The summed E-state index contributed by atoms with van der Waals surface area (Å²) >= 11 is 18.2. The minimum absolute atomic E-state index is 0.0117. The number of rotatable bonds is 5. The Morgan fingerprint density at radius 1 is 1.10 bits per heavy atom. The van der Waals surface area contributed by atoms with Gasteiger partial charge in [0.1, 0.15) is 5.69 Å². The number of carbonyl (C=O) groups is 2. The van der Waals surface area contributed by atoms with E-state index in [1.54, 1.807) is 18.2 Å². The van der Waals surface area contributed by atoms with Gasteiger partial charge in [0, 0.05) is 16.8 Å². The lowest BCUT2D eigenvalue weighted by atomic mass is 10.2. The molecule has 0 saturated carbocycles. The van der Waals surface area contributed by atoms with Gasteiger partial charge in [-0.05, 0) is 41.3 Å². The molecule has 0 atom stereocenters. The Morgan fingerprint density at radius 2 is 1.79 bits per heavy atom. The van der Waals surface area contributed by atoms with Crippen molar-refractivity contribution in [1.29, 1.82) is 0 Å². The second-order valence-corrected chi connectivity index (χ2v) is 7.14. The molecule has 148 valence electrons. The minimum Gasteiger partial charge on any atom is -0.323 e. The molecular weight excluding hydrogens is 439 g/mol. The first-order valence-corrected chi connectivity index (χ1v) is 9.38. The van der Waals surface area contributed by atoms with Crippen molar-refractivity contribution in [3.63, 3.8) is 0 Å². The second-order valence-electron chi connectivity index (χ2n) is 5.89. The van der Waals surface area contributed by atoms with Crippen LogP contribution in [0.4, 0.5) is 11.4 Å². The quantitative estimate of drug-likeness (QED) is 0.515. The summed E-state index contributed by atoms with van der Waals surface area (Å²) in [6.07, 6.45) is 2.64. The molecule has 1 aliphatic rings. The first kappa shape index (κ1) is 20.9. The summed E-state index contributed by atoms with van der Waals surface area (Å²) in [6, 6.07) is 9.19. The van der Waals surface area contributed by atoms with Gasteiger partial charge in [-0.25, -0.2) is 10.1 Å². The van der Waals surface area contributed by atoms with Crippen LogP contribution in [0.15, 0.2) is 61.0 Å². The number of benzene rings is 2. The van der Waals surface area contributed by atoms with Crippen molar-refractivity contribution < 1.29 is 14.5 Å². The summed E-state index contributed by atoms with van der Waals surface area (Å²) in [6.45, 7) is 3.52. The maximum Gasteiger partial charge on any atom is 0.347 e. The number of amides is 2. The number of anilines is 2. The Kier molecular flexibility index (Phi) is 6.22. The number of nitrogens with zero attached hydrogens (tertiary/aromatic N) is 2. The molecule has 1 aliphatic heterocycles. The van der Waals surface area contributed by atoms with E-state index >= 15 is 0 Å².